The van der Waals surface area contributed by atoms with Gasteiger partial charge in [-0.1, -0.05) is 38.5 Å². The van der Waals surface area contributed by atoms with Crippen molar-refractivity contribution in [2.75, 3.05) is 11.0 Å². The SMILES string of the molecule is Fc1ccc(Br)cc1CNCCCI. The van der Waals surface area contributed by atoms with E-state index in [1.165, 1.54) is 6.07 Å². The number of hydrogen-bond acceptors (Lipinski definition) is 1. The molecule has 0 unspecified atom stereocenters. The number of halogens is 3. The van der Waals surface area contributed by atoms with Crippen molar-refractivity contribution in [2.24, 2.45) is 0 Å². The molecule has 0 aliphatic heterocycles. The molecule has 0 aromatic heterocycles. The summed E-state index contributed by atoms with van der Waals surface area (Å²) >= 11 is 5.66. The number of alkyl halides is 1. The molecule has 1 rings (SSSR count). The molecule has 0 saturated heterocycles. The summed E-state index contributed by atoms with van der Waals surface area (Å²) in [6.45, 7) is 1.54. The van der Waals surface area contributed by atoms with E-state index in [1.54, 1.807) is 6.07 Å². The molecule has 1 N–H and O–H groups in total. The third-order valence-electron chi connectivity index (χ3n) is 1.81. The Balaban J connectivity index is 2.45. The second-order valence-corrected chi connectivity index (χ2v) is 4.95. The van der Waals surface area contributed by atoms with E-state index in [-0.39, 0.29) is 5.82 Å². The van der Waals surface area contributed by atoms with Crippen molar-refractivity contribution >= 4 is 38.5 Å². The maximum absolute atomic E-state index is 13.2. The first-order chi connectivity index (χ1) is 6.74. The Kier molecular flexibility index (Phi) is 5.96. The quantitative estimate of drug-likeness (QED) is 0.474. The second-order valence-electron chi connectivity index (χ2n) is 2.96. The van der Waals surface area contributed by atoms with Crippen LogP contribution in [0.4, 0.5) is 4.39 Å². The zero-order valence-electron chi connectivity index (χ0n) is 7.69. The Labute approximate surface area is 106 Å². The summed E-state index contributed by atoms with van der Waals surface area (Å²) < 4.78 is 15.3. The maximum atomic E-state index is 13.2. The summed E-state index contributed by atoms with van der Waals surface area (Å²) in [4.78, 5) is 0. The summed E-state index contributed by atoms with van der Waals surface area (Å²) in [5.74, 6) is -0.143. The average Bonchev–Trinajstić information content (AvgIpc) is 2.18. The topological polar surface area (TPSA) is 12.0 Å². The van der Waals surface area contributed by atoms with Crippen LogP contribution in [-0.4, -0.2) is 11.0 Å². The highest BCUT2D eigenvalue weighted by Crippen LogP contribution is 2.15. The van der Waals surface area contributed by atoms with Gasteiger partial charge in [0.05, 0.1) is 0 Å². The van der Waals surface area contributed by atoms with Crippen LogP contribution in [0.2, 0.25) is 0 Å². The van der Waals surface area contributed by atoms with Crippen LogP contribution < -0.4 is 5.32 Å². The van der Waals surface area contributed by atoms with Crippen LogP contribution in [0, 0.1) is 5.82 Å². The molecule has 0 bridgehead atoms. The van der Waals surface area contributed by atoms with Crippen LogP contribution in [-0.2, 0) is 6.54 Å². The fourth-order valence-corrected chi connectivity index (χ4v) is 1.88. The zero-order valence-corrected chi connectivity index (χ0v) is 11.4. The Morgan fingerprint density at radius 2 is 2.21 bits per heavy atom. The Morgan fingerprint density at radius 3 is 2.93 bits per heavy atom. The van der Waals surface area contributed by atoms with Crippen LogP contribution in [0.1, 0.15) is 12.0 Å². The van der Waals surface area contributed by atoms with E-state index in [9.17, 15) is 4.39 Å². The van der Waals surface area contributed by atoms with Crippen LogP contribution >= 0.6 is 38.5 Å². The van der Waals surface area contributed by atoms with Crippen molar-refractivity contribution in [3.05, 3.63) is 34.1 Å². The fraction of sp³-hybridized carbons (Fsp3) is 0.400. The first-order valence-electron chi connectivity index (χ1n) is 4.44. The summed E-state index contributed by atoms with van der Waals surface area (Å²) in [6.07, 6.45) is 1.12. The third-order valence-corrected chi connectivity index (χ3v) is 3.07. The molecule has 0 aliphatic carbocycles. The molecule has 0 amide bonds. The molecule has 0 heterocycles. The molecular weight excluding hydrogens is 360 g/mol. The minimum absolute atomic E-state index is 0.143. The van der Waals surface area contributed by atoms with Gasteiger partial charge < -0.3 is 5.32 Å². The Bertz CT molecular complexity index is 293. The van der Waals surface area contributed by atoms with E-state index in [1.807, 2.05) is 6.07 Å². The molecule has 0 aliphatic rings. The monoisotopic (exact) mass is 371 g/mol. The van der Waals surface area contributed by atoms with Crippen LogP contribution in [0.3, 0.4) is 0 Å². The zero-order chi connectivity index (χ0) is 10.4. The highest BCUT2D eigenvalue weighted by Gasteiger charge is 2.01. The lowest BCUT2D eigenvalue weighted by Crippen LogP contribution is -2.15. The molecule has 14 heavy (non-hydrogen) atoms. The predicted molar refractivity (Wildman–Crippen MR) is 69.3 cm³/mol. The van der Waals surface area contributed by atoms with E-state index < -0.39 is 0 Å². The summed E-state index contributed by atoms with van der Waals surface area (Å²) in [7, 11) is 0. The van der Waals surface area contributed by atoms with Gasteiger partial charge in [-0.15, -0.1) is 0 Å². The van der Waals surface area contributed by atoms with Crippen molar-refractivity contribution in [3.63, 3.8) is 0 Å². The van der Waals surface area contributed by atoms with Gasteiger partial charge in [-0.25, -0.2) is 4.39 Å². The number of rotatable bonds is 5. The van der Waals surface area contributed by atoms with Crippen LogP contribution in [0.15, 0.2) is 22.7 Å². The van der Waals surface area contributed by atoms with Crippen molar-refractivity contribution in [1.82, 2.24) is 5.32 Å². The van der Waals surface area contributed by atoms with E-state index >= 15 is 0 Å². The first kappa shape index (κ1) is 12.4. The minimum atomic E-state index is -0.143. The average molecular weight is 372 g/mol. The standard InChI is InChI=1S/C10H12BrFIN/c11-9-2-3-10(12)8(6-9)7-14-5-1-4-13/h2-3,6,14H,1,4-5,7H2. The van der Waals surface area contributed by atoms with E-state index in [0.29, 0.717) is 12.1 Å². The van der Waals surface area contributed by atoms with Crippen molar-refractivity contribution in [3.8, 4) is 0 Å². The van der Waals surface area contributed by atoms with Crippen molar-refractivity contribution in [2.45, 2.75) is 13.0 Å². The van der Waals surface area contributed by atoms with Gasteiger partial charge in [0.2, 0.25) is 0 Å². The summed E-state index contributed by atoms with van der Waals surface area (Å²) in [5, 5.41) is 3.21. The summed E-state index contributed by atoms with van der Waals surface area (Å²) in [5.41, 5.74) is 0.716. The second kappa shape index (κ2) is 6.74. The number of nitrogens with one attached hydrogen (secondary N) is 1. The normalized spacial score (nSPS) is 10.5. The van der Waals surface area contributed by atoms with Gasteiger partial charge in [0, 0.05) is 21.0 Å². The van der Waals surface area contributed by atoms with Gasteiger partial charge in [0.15, 0.2) is 0 Å². The first-order valence-corrected chi connectivity index (χ1v) is 6.76. The van der Waals surface area contributed by atoms with Gasteiger partial charge >= 0.3 is 0 Å². The Morgan fingerprint density at radius 1 is 1.43 bits per heavy atom. The molecule has 78 valence electrons. The van der Waals surface area contributed by atoms with Gasteiger partial charge in [-0.05, 0) is 31.2 Å². The number of benzene rings is 1. The molecule has 0 saturated carbocycles. The molecule has 4 heteroatoms. The van der Waals surface area contributed by atoms with Crippen molar-refractivity contribution < 1.29 is 4.39 Å². The molecule has 0 radical (unpaired) electrons. The molecule has 0 atom stereocenters. The Hall–Kier alpha value is 0.320. The fourth-order valence-electron chi connectivity index (χ4n) is 1.09. The largest absolute Gasteiger partial charge is 0.313 e. The minimum Gasteiger partial charge on any atom is -0.313 e. The lowest BCUT2D eigenvalue weighted by atomic mass is 10.2. The molecule has 0 fully saturated rings. The lowest BCUT2D eigenvalue weighted by molar-refractivity contribution is 0.587. The van der Waals surface area contributed by atoms with E-state index in [2.05, 4.69) is 43.8 Å². The van der Waals surface area contributed by atoms with Crippen LogP contribution in [0.25, 0.3) is 0 Å². The third kappa shape index (κ3) is 4.23. The molecular formula is C10H12BrFIN. The molecule has 0 spiro atoms. The van der Waals surface area contributed by atoms with Gasteiger partial charge in [0.1, 0.15) is 5.82 Å². The number of hydrogen-bond donors (Lipinski definition) is 1. The van der Waals surface area contributed by atoms with Gasteiger partial charge in [-0.2, -0.15) is 0 Å². The molecule has 1 aromatic rings. The highest BCUT2D eigenvalue weighted by atomic mass is 127. The van der Waals surface area contributed by atoms with Gasteiger partial charge in [0.25, 0.3) is 0 Å². The highest BCUT2D eigenvalue weighted by molar-refractivity contribution is 14.1. The van der Waals surface area contributed by atoms with Crippen LogP contribution in [0.5, 0.6) is 0 Å². The molecule has 1 nitrogen and oxygen atoms in total. The smallest absolute Gasteiger partial charge is 0.127 e. The molecule has 1 aromatic carbocycles. The lowest BCUT2D eigenvalue weighted by Gasteiger charge is -2.05. The van der Waals surface area contributed by atoms with Gasteiger partial charge in [-0.3, -0.25) is 0 Å². The van der Waals surface area contributed by atoms with Crippen molar-refractivity contribution in [1.29, 1.82) is 0 Å². The van der Waals surface area contributed by atoms with E-state index in [4.69, 9.17) is 0 Å². The maximum Gasteiger partial charge on any atom is 0.127 e. The van der Waals surface area contributed by atoms with E-state index in [0.717, 1.165) is 21.9 Å². The summed E-state index contributed by atoms with van der Waals surface area (Å²) in [6, 6.07) is 5.01. The predicted octanol–water partition coefficient (Wildman–Crippen LogP) is 3.50.